The van der Waals surface area contributed by atoms with Crippen LogP contribution in [0.2, 0.25) is 0 Å². The normalized spacial score (nSPS) is 11.9. The third-order valence-corrected chi connectivity index (χ3v) is 5.13. The Labute approximate surface area is 168 Å². The lowest BCUT2D eigenvalue weighted by Crippen LogP contribution is -2.10. The molecule has 0 aliphatic carbocycles. The van der Waals surface area contributed by atoms with Crippen LogP contribution in [0.3, 0.4) is 0 Å². The maximum Gasteiger partial charge on any atom is 0.433 e. The van der Waals surface area contributed by atoms with E-state index < -0.39 is 11.9 Å². The van der Waals surface area contributed by atoms with Crippen LogP contribution in [-0.4, -0.2) is 29.5 Å². The van der Waals surface area contributed by atoms with Crippen LogP contribution in [0.15, 0.2) is 48.0 Å². The Morgan fingerprint density at radius 3 is 2.72 bits per heavy atom. The molecule has 1 N–H and O–H groups in total. The molecule has 0 fully saturated rings. The second-order valence-corrected chi connectivity index (χ2v) is 7.12. The SMILES string of the molecule is CCc1ccc2cnn(C)c2c1NSc1cnn(-c2cc(C(F)(F)F)ncn2)c1. The summed E-state index contributed by atoms with van der Waals surface area (Å²) in [6.45, 7) is 2.07. The molecule has 0 aliphatic heterocycles. The van der Waals surface area contributed by atoms with E-state index in [-0.39, 0.29) is 5.82 Å². The minimum atomic E-state index is -4.54. The Morgan fingerprint density at radius 1 is 1.14 bits per heavy atom. The standard InChI is InChI=1S/C18H16F3N7S/c1-3-11-4-5-12-7-24-27(2)17(12)16(11)26-29-13-8-25-28(9-13)15-6-14(18(19,20)21)22-10-23-15/h4-10,26H,3H2,1-2H3. The number of benzene rings is 1. The molecular formula is C18H16F3N7S. The molecule has 11 heteroatoms. The molecule has 0 amide bonds. The van der Waals surface area contributed by atoms with E-state index in [0.29, 0.717) is 0 Å². The van der Waals surface area contributed by atoms with E-state index in [4.69, 9.17) is 0 Å². The third kappa shape index (κ3) is 3.77. The molecule has 4 aromatic rings. The summed E-state index contributed by atoms with van der Waals surface area (Å²) in [7, 11) is 1.88. The fourth-order valence-electron chi connectivity index (χ4n) is 2.94. The lowest BCUT2D eigenvalue weighted by Gasteiger charge is -2.12. The van der Waals surface area contributed by atoms with Crippen molar-refractivity contribution in [1.82, 2.24) is 29.5 Å². The molecule has 0 bridgehead atoms. The largest absolute Gasteiger partial charge is 0.433 e. The van der Waals surface area contributed by atoms with Gasteiger partial charge in [-0.3, -0.25) is 4.68 Å². The Kier molecular flexibility index (Phi) is 4.91. The fraction of sp³-hybridized carbons (Fsp3) is 0.222. The third-order valence-electron chi connectivity index (χ3n) is 4.38. The van der Waals surface area contributed by atoms with Gasteiger partial charge in [0.2, 0.25) is 0 Å². The zero-order valence-corrected chi connectivity index (χ0v) is 16.3. The Hall–Kier alpha value is -3.08. The van der Waals surface area contributed by atoms with E-state index in [9.17, 15) is 13.2 Å². The van der Waals surface area contributed by atoms with Crippen molar-refractivity contribution < 1.29 is 13.2 Å². The second-order valence-electron chi connectivity index (χ2n) is 6.24. The molecule has 0 spiro atoms. The number of aromatic nitrogens is 6. The predicted molar refractivity (Wildman–Crippen MR) is 104 cm³/mol. The number of fused-ring (bicyclic) bond motifs is 1. The molecule has 7 nitrogen and oxygen atoms in total. The van der Waals surface area contributed by atoms with Gasteiger partial charge in [-0.25, -0.2) is 14.6 Å². The topological polar surface area (TPSA) is 73.5 Å². The molecule has 0 unspecified atom stereocenters. The summed E-state index contributed by atoms with van der Waals surface area (Å²) in [4.78, 5) is 7.86. The molecule has 0 aliphatic rings. The van der Waals surface area contributed by atoms with E-state index in [2.05, 4.69) is 37.9 Å². The highest BCUT2D eigenvalue weighted by Crippen LogP contribution is 2.32. The number of nitrogens with zero attached hydrogens (tertiary/aromatic N) is 6. The molecule has 3 heterocycles. The summed E-state index contributed by atoms with van der Waals surface area (Å²) in [6.07, 6.45) is 2.14. The summed E-state index contributed by atoms with van der Waals surface area (Å²) in [5, 5.41) is 9.44. The lowest BCUT2D eigenvalue weighted by atomic mass is 10.1. The first-order valence-corrected chi connectivity index (χ1v) is 9.49. The highest BCUT2D eigenvalue weighted by atomic mass is 32.2. The van der Waals surface area contributed by atoms with Gasteiger partial charge >= 0.3 is 6.18 Å². The zero-order chi connectivity index (χ0) is 20.6. The van der Waals surface area contributed by atoms with Crippen molar-refractivity contribution in [2.24, 2.45) is 7.05 Å². The maximum absolute atomic E-state index is 12.9. The summed E-state index contributed by atoms with van der Waals surface area (Å²) in [5.74, 6) is 0.0437. The smallest absolute Gasteiger partial charge is 0.323 e. The molecule has 0 saturated heterocycles. The molecule has 0 saturated carbocycles. The molecule has 150 valence electrons. The first kappa shape index (κ1) is 19.2. The highest BCUT2D eigenvalue weighted by Gasteiger charge is 2.33. The van der Waals surface area contributed by atoms with Crippen molar-refractivity contribution in [2.45, 2.75) is 24.4 Å². The van der Waals surface area contributed by atoms with Gasteiger partial charge in [0.05, 0.1) is 28.5 Å². The van der Waals surface area contributed by atoms with Crippen molar-refractivity contribution in [3.05, 3.63) is 54.4 Å². The number of hydrogen-bond donors (Lipinski definition) is 1. The zero-order valence-electron chi connectivity index (χ0n) is 15.5. The van der Waals surface area contributed by atoms with Crippen molar-refractivity contribution >= 4 is 28.5 Å². The van der Waals surface area contributed by atoms with E-state index in [0.717, 1.165) is 45.9 Å². The van der Waals surface area contributed by atoms with Gasteiger partial charge in [-0.05, 0) is 23.9 Å². The lowest BCUT2D eigenvalue weighted by molar-refractivity contribution is -0.141. The van der Waals surface area contributed by atoms with Gasteiger partial charge in [0.25, 0.3) is 0 Å². The Balaban J connectivity index is 1.59. The second kappa shape index (κ2) is 7.39. The monoisotopic (exact) mass is 419 g/mol. The fourth-order valence-corrected chi connectivity index (χ4v) is 3.64. The molecule has 0 radical (unpaired) electrons. The molecular weight excluding hydrogens is 403 g/mol. The van der Waals surface area contributed by atoms with Crippen molar-refractivity contribution in [1.29, 1.82) is 0 Å². The first-order valence-electron chi connectivity index (χ1n) is 8.67. The van der Waals surface area contributed by atoms with Crippen LogP contribution in [0.5, 0.6) is 0 Å². The summed E-state index contributed by atoms with van der Waals surface area (Å²) in [6, 6.07) is 4.94. The minimum Gasteiger partial charge on any atom is -0.323 e. The van der Waals surface area contributed by atoms with Crippen LogP contribution < -0.4 is 4.72 Å². The number of hydrogen-bond acceptors (Lipinski definition) is 6. The van der Waals surface area contributed by atoms with Crippen molar-refractivity contribution in [2.75, 3.05) is 4.72 Å². The molecule has 3 aromatic heterocycles. The van der Waals surface area contributed by atoms with Gasteiger partial charge in [-0.15, -0.1) is 0 Å². The number of rotatable bonds is 5. The molecule has 1 aromatic carbocycles. The van der Waals surface area contributed by atoms with E-state index in [1.807, 2.05) is 13.1 Å². The van der Waals surface area contributed by atoms with Gasteiger partial charge in [-0.1, -0.05) is 19.1 Å². The number of alkyl halides is 3. The van der Waals surface area contributed by atoms with Gasteiger partial charge in [0, 0.05) is 24.7 Å². The van der Waals surface area contributed by atoms with Gasteiger partial charge in [0.1, 0.15) is 12.0 Å². The predicted octanol–water partition coefficient (Wildman–Crippen LogP) is 4.25. The van der Waals surface area contributed by atoms with Gasteiger partial charge < -0.3 is 4.72 Å². The Bertz CT molecular complexity index is 1170. The van der Waals surface area contributed by atoms with E-state index >= 15 is 0 Å². The van der Waals surface area contributed by atoms with Crippen LogP contribution in [-0.2, 0) is 19.6 Å². The maximum atomic E-state index is 12.9. The molecule has 0 atom stereocenters. The van der Waals surface area contributed by atoms with Crippen molar-refractivity contribution in [3.63, 3.8) is 0 Å². The number of halogens is 3. The molecule has 4 rings (SSSR count). The van der Waals surface area contributed by atoms with E-state index in [1.54, 1.807) is 23.3 Å². The van der Waals surface area contributed by atoms with Crippen LogP contribution in [0, 0.1) is 0 Å². The van der Waals surface area contributed by atoms with Gasteiger partial charge in [-0.2, -0.15) is 23.4 Å². The Morgan fingerprint density at radius 2 is 1.97 bits per heavy atom. The summed E-state index contributed by atoms with van der Waals surface area (Å²) in [5.41, 5.74) is 2.05. The average molecular weight is 419 g/mol. The quantitative estimate of drug-likeness (QED) is 0.488. The number of nitrogens with one attached hydrogen (secondary N) is 1. The molecule has 29 heavy (non-hydrogen) atoms. The van der Waals surface area contributed by atoms with Crippen molar-refractivity contribution in [3.8, 4) is 5.82 Å². The first-order chi connectivity index (χ1) is 13.9. The van der Waals surface area contributed by atoms with Gasteiger partial charge in [0.15, 0.2) is 5.82 Å². The van der Waals surface area contributed by atoms with E-state index in [1.165, 1.54) is 16.6 Å². The van der Waals surface area contributed by atoms with Crippen LogP contribution in [0.25, 0.3) is 16.7 Å². The summed E-state index contributed by atoms with van der Waals surface area (Å²) >= 11 is 1.32. The van der Waals surface area contributed by atoms with Crippen LogP contribution in [0.4, 0.5) is 18.9 Å². The highest BCUT2D eigenvalue weighted by molar-refractivity contribution is 8.00. The average Bonchev–Trinajstić information content (AvgIpc) is 3.33. The summed E-state index contributed by atoms with van der Waals surface area (Å²) < 4.78 is 45.0. The van der Waals surface area contributed by atoms with Crippen LogP contribution >= 0.6 is 11.9 Å². The minimum absolute atomic E-state index is 0.0437. The number of anilines is 1. The van der Waals surface area contributed by atoms with Crippen LogP contribution in [0.1, 0.15) is 18.2 Å². The number of aryl methyl sites for hydroxylation is 2.